The molecule has 7 heteroatoms. The molecule has 0 bridgehead atoms. The molecule has 1 saturated carbocycles. The monoisotopic (exact) mass is 320 g/mol. The van der Waals surface area contributed by atoms with Crippen LogP contribution < -0.4 is 5.32 Å². The van der Waals surface area contributed by atoms with E-state index >= 15 is 0 Å². The van der Waals surface area contributed by atoms with Gasteiger partial charge in [-0.2, -0.15) is 0 Å². The van der Waals surface area contributed by atoms with Crippen LogP contribution >= 0.6 is 11.3 Å². The molecule has 1 aliphatic carbocycles. The summed E-state index contributed by atoms with van der Waals surface area (Å²) in [6.07, 6.45) is 5.76. The zero-order valence-electron chi connectivity index (χ0n) is 12.5. The lowest BCUT2D eigenvalue weighted by Gasteiger charge is -2.45. The van der Waals surface area contributed by atoms with Crippen molar-refractivity contribution in [1.29, 1.82) is 0 Å². The Morgan fingerprint density at radius 1 is 1.27 bits per heavy atom. The SMILES string of the molecule is O=C1CCN(C(=O)Nc2nc(C3CC3)cs2)C2CCCCN12. The first-order chi connectivity index (χ1) is 10.7. The van der Waals surface area contributed by atoms with Gasteiger partial charge in [0.25, 0.3) is 0 Å². The Bertz CT molecular complexity index is 598. The molecule has 1 unspecified atom stereocenters. The molecule has 1 aromatic heterocycles. The molecule has 0 spiro atoms. The molecular weight excluding hydrogens is 300 g/mol. The van der Waals surface area contributed by atoms with E-state index in [0.717, 1.165) is 31.5 Å². The lowest BCUT2D eigenvalue weighted by molar-refractivity contribution is -0.144. The zero-order valence-corrected chi connectivity index (χ0v) is 13.3. The molecule has 3 fully saturated rings. The third kappa shape index (κ3) is 2.58. The van der Waals surface area contributed by atoms with Crippen molar-refractivity contribution in [3.63, 3.8) is 0 Å². The summed E-state index contributed by atoms with van der Waals surface area (Å²) in [7, 11) is 0. The summed E-state index contributed by atoms with van der Waals surface area (Å²) in [4.78, 5) is 32.7. The van der Waals surface area contributed by atoms with Gasteiger partial charge in [0, 0.05) is 30.8 Å². The van der Waals surface area contributed by atoms with E-state index in [0.29, 0.717) is 24.0 Å². The highest BCUT2D eigenvalue weighted by Gasteiger charge is 2.38. The second-order valence-corrected chi connectivity index (χ2v) is 7.15. The number of thiazole rings is 1. The van der Waals surface area contributed by atoms with E-state index in [1.807, 2.05) is 10.3 Å². The van der Waals surface area contributed by atoms with Gasteiger partial charge in [-0.1, -0.05) is 0 Å². The van der Waals surface area contributed by atoms with Gasteiger partial charge >= 0.3 is 6.03 Å². The molecule has 0 aromatic carbocycles. The van der Waals surface area contributed by atoms with Gasteiger partial charge in [0.05, 0.1) is 5.69 Å². The molecule has 22 heavy (non-hydrogen) atoms. The second-order valence-electron chi connectivity index (χ2n) is 6.29. The lowest BCUT2D eigenvalue weighted by Crippen LogP contribution is -2.60. The maximum atomic E-state index is 12.6. The number of aromatic nitrogens is 1. The van der Waals surface area contributed by atoms with Crippen LogP contribution in [0.3, 0.4) is 0 Å². The molecule has 1 N–H and O–H groups in total. The number of amides is 3. The summed E-state index contributed by atoms with van der Waals surface area (Å²) in [6, 6.07) is -0.124. The summed E-state index contributed by atoms with van der Waals surface area (Å²) in [5.41, 5.74) is 1.11. The summed E-state index contributed by atoms with van der Waals surface area (Å²) >= 11 is 1.49. The highest BCUT2D eigenvalue weighted by Crippen LogP contribution is 2.41. The average Bonchev–Trinajstić information content (AvgIpc) is 3.28. The molecule has 0 radical (unpaired) electrons. The fourth-order valence-electron chi connectivity index (χ4n) is 3.35. The average molecular weight is 320 g/mol. The summed E-state index contributed by atoms with van der Waals surface area (Å²) in [6.45, 7) is 1.28. The standard InChI is InChI=1S/C15H20N4O2S/c20-13-6-8-19(12-3-1-2-7-18(12)13)15(21)17-14-16-11(9-22-14)10-4-5-10/h9-10,12H,1-8H2,(H,16,17,21). The first kappa shape index (κ1) is 14.0. The van der Waals surface area contributed by atoms with Gasteiger partial charge in [-0.3, -0.25) is 10.1 Å². The molecule has 3 heterocycles. The highest BCUT2D eigenvalue weighted by molar-refractivity contribution is 7.13. The Balaban J connectivity index is 1.45. The summed E-state index contributed by atoms with van der Waals surface area (Å²) < 4.78 is 0. The number of nitrogens with zero attached hydrogens (tertiary/aromatic N) is 3. The zero-order chi connectivity index (χ0) is 15.1. The van der Waals surface area contributed by atoms with Gasteiger partial charge in [0.2, 0.25) is 5.91 Å². The fraction of sp³-hybridized carbons (Fsp3) is 0.667. The van der Waals surface area contributed by atoms with Crippen molar-refractivity contribution in [1.82, 2.24) is 14.8 Å². The van der Waals surface area contributed by atoms with Crippen molar-refractivity contribution in [3.8, 4) is 0 Å². The summed E-state index contributed by atoms with van der Waals surface area (Å²) in [5, 5.41) is 5.63. The van der Waals surface area contributed by atoms with Crippen molar-refractivity contribution in [3.05, 3.63) is 11.1 Å². The number of hydrogen-bond donors (Lipinski definition) is 1. The molecule has 1 aromatic rings. The molecule has 118 valence electrons. The highest BCUT2D eigenvalue weighted by atomic mass is 32.1. The Morgan fingerprint density at radius 2 is 2.14 bits per heavy atom. The summed E-state index contributed by atoms with van der Waals surface area (Å²) in [5.74, 6) is 0.780. The van der Waals surface area contributed by atoms with E-state index in [1.165, 1.54) is 24.2 Å². The van der Waals surface area contributed by atoms with Crippen LogP contribution in [0.25, 0.3) is 0 Å². The van der Waals surface area contributed by atoms with Gasteiger partial charge < -0.3 is 9.80 Å². The largest absolute Gasteiger partial charge is 0.325 e. The van der Waals surface area contributed by atoms with Crippen LogP contribution in [0.4, 0.5) is 9.93 Å². The molecule has 2 saturated heterocycles. The van der Waals surface area contributed by atoms with Gasteiger partial charge in [-0.25, -0.2) is 9.78 Å². The Labute approximate surface area is 133 Å². The topological polar surface area (TPSA) is 65.5 Å². The van der Waals surface area contributed by atoms with Crippen LogP contribution in [0, 0.1) is 0 Å². The predicted octanol–water partition coefficient (Wildman–Crippen LogP) is 2.60. The maximum absolute atomic E-state index is 12.6. The first-order valence-corrected chi connectivity index (χ1v) is 8.93. The van der Waals surface area contributed by atoms with Crippen molar-refractivity contribution >= 4 is 28.4 Å². The van der Waals surface area contributed by atoms with E-state index in [4.69, 9.17) is 0 Å². The number of hydrogen-bond acceptors (Lipinski definition) is 4. The van der Waals surface area contributed by atoms with E-state index < -0.39 is 0 Å². The maximum Gasteiger partial charge on any atom is 0.325 e. The smallest absolute Gasteiger partial charge is 0.322 e. The van der Waals surface area contributed by atoms with Crippen LogP contribution in [-0.4, -0.2) is 46.0 Å². The van der Waals surface area contributed by atoms with E-state index in [-0.39, 0.29) is 18.1 Å². The minimum absolute atomic E-state index is 0.0714. The van der Waals surface area contributed by atoms with E-state index in [9.17, 15) is 9.59 Å². The third-order valence-electron chi connectivity index (χ3n) is 4.71. The van der Waals surface area contributed by atoms with Crippen molar-refractivity contribution in [2.75, 3.05) is 18.4 Å². The Kier molecular flexibility index (Phi) is 3.52. The predicted molar refractivity (Wildman–Crippen MR) is 83.8 cm³/mol. The van der Waals surface area contributed by atoms with Crippen molar-refractivity contribution < 1.29 is 9.59 Å². The number of urea groups is 1. The number of nitrogens with one attached hydrogen (secondary N) is 1. The quantitative estimate of drug-likeness (QED) is 0.911. The normalized spacial score (nSPS) is 25.1. The van der Waals surface area contributed by atoms with Crippen molar-refractivity contribution in [2.45, 2.75) is 50.6 Å². The van der Waals surface area contributed by atoms with E-state index in [2.05, 4.69) is 10.3 Å². The second kappa shape index (κ2) is 5.53. The first-order valence-electron chi connectivity index (χ1n) is 8.05. The molecule has 2 aliphatic heterocycles. The molecule has 6 nitrogen and oxygen atoms in total. The Morgan fingerprint density at radius 3 is 2.95 bits per heavy atom. The molecule has 3 aliphatic rings. The van der Waals surface area contributed by atoms with Gasteiger partial charge in [-0.05, 0) is 32.1 Å². The molecule has 3 amide bonds. The number of piperidine rings is 1. The van der Waals surface area contributed by atoms with Gasteiger partial charge in [-0.15, -0.1) is 11.3 Å². The fourth-order valence-corrected chi connectivity index (χ4v) is 4.13. The van der Waals surface area contributed by atoms with Gasteiger partial charge in [0.15, 0.2) is 5.13 Å². The van der Waals surface area contributed by atoms with Crippen LogP contribution in [-0.2, 0) is 4.79 Å². The number of carbonyl (C=O) groups excluding carboxylic acids is 2. The molecule has 1 atom stereocenters. The van der Waals surface area contributed by atoms with Crippen LogP contribution in [0.1, 0.15) is 50.1 Å². The van der Waals surface area contributed by atoms with Crippen molar-refractivity contribution in [2.24, 2.45) is 0 Å². The van der Waals surface area contributed by atoms with Crippen LogP contribution in [0.5, 0.6) is 0 Å². The van der Waals surface area contributed by atoms with Crippen LogP contribution in [0.15, 0.2) is 5.38 Å². The minimum Gasteiger partial charge on any atom is -0.322 e. The number of fused-ring (bicyclic) bond motifs is 1. The van der Waals surface area contributed by atoms with Crippen LogP contribution in [0.2, 0.25) is 0 Å². The lowest BCUT2D eigenvalue weighted by atomic mass is 10.0. The van der Waals surface area contributed by atoms with E-state index in [1.54, 1.807) is 4.90 Å². The Hall–Kier alpha value is -1.63. The molecule has 4 rings (SSSR count). The number of anilines is 1. The minimum atomic E-state index is -0.124. The van der Waals surface area contributed by atoms with Gasteiger partial charge in [0.1, 0.15) is 6.17 Å². The number of rotatable bonds is 2. The molecular formula is C15H20N4O2S. The number of carbonyl (C=O) groups is 2. The third-order valence-corrected chi connectivity index (χ3v) is 5.49.